The minimum absolute atomic E-state index is 0.101. The van der Waals surface area contributed by atoms with E-state index in [2.05, 4.69) is 22.5 Å². The Labute approximate surface area is 207 Å². The number of aromatic nitrogens is 3. The van der Waals surface area contributed by atoms with Crippen LogP contribution in [0.1, 0.15) is 40.5 Å². The molecule has 0 fully saturated rings. The number of hydrogen-bond donors (Lipinski definition) is 1. The van der Waals surface area contributed by atoms with Gasteiger partial charge in [0.2, 0.25) is 0 Å². The maximum atomic E-state index is 13.9. The quantitative estimate of drug-likeness (QED) is 0.406. The van der Waals surface area contributed by atoms with Gasteiger partial charge in [-0.3, -0.25) is 9.59 Å². The highest BCUT2D eigenvalue weighted by molar-refractivity contribution is 6.16. The summed E-state index contributed by atoms with van der Waals surface area (Å²) in [5, 5.41) is 9.28. The van der Waals surface area contributed by atoms with E-state index in [-0.39, 0.29) is 23.2 Å². The third-order valence-electron chi connectivity index (χ3n) is 7.15. The van der Waals surface area contributed by atoms with Crippen LogP contribution in [0.25, 0.3) is 27.5 Å². The number of methoxy groups -OCH3 is 1. The Morgan fingerprint density at radius 1 is 1.03 bits per heavy atom. The third-order valence-corrected chi connectivity index (χ3v) is 7.15. The number of nitrogens with one attached hydrogen (secondary N) is 1. The fourth-order valence-electron chi connectivity index (χ4n) is 5.37. The highest BCUT2D eigenvalue weighted by Crippen LogP contribution is 2.32. The van der Waals surface area contributed by atoms with Crippen LogP contribution in [-0.4, -0.2) is 27.4 Å². The van der Waals surface area contributed by atoms with Crippen molar-refractivity contribution >= 4 is 27.7 Å². The average molecular weight is 479 g/mol. The van der Waals surface area contributed by atoms with Crippen LogP contribution in [0.2, 0.25) is 0 Å². The fraction of sp³-hybridized carbons (Fsp3) is 0.207. The van der Waals surface area contributed by atoms with E-state index >= 15 is 0 Å². The summed E-state index contributed by atoms with van der Waals surface area (Å²) in [6, 6.07) is 22.9. The van der Waals surface area contributed by atoms with E-state index in [1.54, 1.807) is 31.4 Å². The molecule has 36 heavy (non-hydrogen) atoms. The maximum absolute atomic E-state index is 13.9. The van der Waals surface area contributed by atoms with E-state index in [4.69, 9.17) is 4.74 Å². The summed E-state index contributed by atoms with van der Waals surface area (Å²) < 4.78 is 8.42. The van der Waals surface area contributed by atoms with Crippen molar-refractivity contribution in [2.45, 2.75) is 25.3 Å². The number of carbonyl (C=O) groups excluding carboxylic acids is 1. The topological polar surface area (TPSA) is 78.2 Å². The average Bonchev–Trinajstić information content (AvgIpc) is 3.22. The van der Waals surface area contributed by atoms with Crippen LogP contribution in [0, 0.1) is 0 Å². The standard InChI is InChI=1S/C29H26N4O3/c1-32-24-13-6-5-11-22(24)25-26(28(34)30-23-12-7-9-18-8-3-4-10-21(18)23)31-33(29(35)27(25)32)19-14-16-20(36-2)17-15-19/h3-6,8,10-11,13-17,23H,7,9,12H2,1-2H3,(H,30,34)/t23-/m1/s1. The predicted molar refractivity (Wildman–Crippen MR) is 140 cm³/mol. The highest BCUT2D eigenvalue weighted by atomic mass is 16.5. The molecule has 6 rings (SSSR count). The molecule has 0 saturated carbocycles. The molecule has 7 heteroatoms. The van der Waals surface area contributed by atoms with Gasteiger partial charge in [0.05, 0.1) is 18.8 Å². The summed E-state index contributed by atoms with van der Waals surface area (Å²) >= 11 is 0. The molecule has 1 amide bonds. The smallest absolute Gasteiger partial charge is 0.296 e. The number of ether oxygens (including phenoxy) is 1. The van der Waals surface area contributed by atoms with Crippen molar-refractivity contribution in [2.24, 2.45) is 7.05 Å². The van der Waals surface area contributed by atoms with Gasteiger partial charge in [0, 0.05) is 23.3 Å². The third kappa shape index (κ3) is 3.47. The lowest BCUT2D eigenvalue weighted by Crippen LogP contribution is -2.34. The van der Waals surface area contributed by atoms with Crippen molar-refractivity contribution in [2.75, 3.05) is 7.11 Å². The molecule has 0 aliphatic heterocycles. The second kappa shape index (κ2) is 8.68. The first-order valence-electron chi connectivity index (χ1n) is 12.1. The van der Waals surface area contributed by atoms with Gasteiger partial charge in [-0.25, -0.2) is 0 Å². The van der Waals surface area contributed by atoms with Crippen molar-refractivity contribution in [3.8, 4) is 11.4 Å². The van der Waals surface area contributed by atoms with Crippen molar-refractivity contribution in [3.05, 3.63) is 100.0 Å². The highest BCUT2D eigenvalue weighted by Gasteiger charge is 2.27. The number of hydrogen-bond acceptors (Lipinski definition) is 4. The Balaban J connectivity index is 1.55. The molecular weight excluding hydrogens is 452 g/mol. The normalized spacial score (nSPS) is 15.1. The van der Waals surface area contributed by atoms with Crippen LogP contribution in [0.15, 0.2) is 77.6 Å². The van der Waals surface area contributed by atoms with Gasteiger partial charge in [0.15, 0.2) is 5.69 Å². The molecule has 180 valence electrons. The number of benzene rings is 3. The molecule has 1 aliphatic carbocycles. The lowest BCUT2D eigenvalue weighted by atomic mass is 9.87. The minimum atomic E-state index is -0.291. The van der Waals surface area contributed by atoms with Gasteiger partial charge in [-0.05, 0) is 60.7 Å². The molecule has 0 saturated heterocycles. The van der Waals surface area contributed by atoms with E-state index in [9.17, 15) is 9.59 Å². The zero-order valence-corrected chi connectivity index (χ0v) is 20.2. The molecule has 1 aliphatic rings. The first kappa shape index (κ1) is 22.1. The summed E-state index contributed by atoms with van der Waals surface area (Å²) in [6.45, 7) is 0. The van der Waals surface area contributed by atoms with Crippen LogP contribution < -0.4 is 15.6 Å². The number of carbonyl (C=O) groups is 1. The largest absolute Gasteiger partial charge is 0.497 e. The molecule has 0 bridgehead atoms. The Morgan fingerprint density at radius 2 is 1.78 bits per heavy atom. The zero-order valence-electron chi connectivity index (χ0n) is 20.2. The molecule has 0 spiro atoms. The van der Waals surface area contributed by atoms with Gasteiger partial charge in [0.1, 0.15) is 11.3 Å². The summed E-state index contributed by atoms with van der Waals surface area (Å²) in [6.07, 6.45) is 2.88. The fourth-order valence-corrected chi connectivity index (χ4v) is 5.37. The second-order valence-electron chi connectivity index (χ2n) is 9.18. The van der Waals surface area contributed by atoms with Crippen LogP contribution in [0.5, 0.6) is 5.75 Å². The van der Waals surface area contributed by atoms with Crippen LogP contribution in [0.4, 0.5) is 0 Å². The number of rotatable bonds is 4. The second-order valence-corrected chi connectivity index (χ2v) is 9.18. The lowest BCUT2D eigenvalue weighted by Gasteiger charge is -2.26. The SMILES string of the molecule is COc1ccc(-n2nc(C(=O)N[C@@H]3CCCc4ccccc43)c3c4ccccc4n(C)c3c2=O)cc1. The van der Waals surface area contributed by atoms with Gasteiger partial charge in [-0.2, -0.15) is 9.78 Å². The monoisotopic (exact) mass is 478 g/mol. The molecule has 3 aromatic carbocycles. The van der Waals surface area contributed by atoms with Gasteiger partial charge < -0.3 is 14.6 Å². The van der Waals surface area contributed by atoms with Crippen molar-refractivity contribution in [1.82, 2.24) is 19.7 Å². The van der Waals surface area contributed by atoms with Crippen molar-refractivity contribution in [3.63, 3.8) is 0 Å². The van der Waals surface area contributed by atoms with Gasteiger partial charge in [-0.15, -0.1) is 0 Å². The van der Waals surface area contributed by atoms with Crippen LogP contribution >= 0.6 is 0 Å². The van der Waals surface area contributed by atoms with Crippen LogP contribution in [-0.2, 0) is 13.5 Å². The first-order chi connectivity index (χ1) is 17.6. The number of nitrogens with zero attached hydrogens (tertiary/aromatic N) is 3. The maximum Gasteiger partial charge on any atom is 0.296 e. The predicted octanol–water partition coefficient (Wildman–Crippen LogP) is 4.69. The minimum Gasteiger partial charge on any atom is -0.497 e. The molecular formula is C29H26N4O3. The Morgan fingerprint density at radius 3 is 2.58 bits per heavy atom. The first-order valence-corrected chi connectivity index (χ1v) is 12.1. The number of para-hydroxylation sites is 1. The van der Waals surface area contributed by atoms with Crippen LogP contribution in [0.3, 0.4) is 0 Å². The molecule has 7 nitrogen and oxygen atoms in total. The number of fused-ring (bicyclic) bond motifs is 4. The Bertz CT molecular complexity index is 1680. The van der Waals surface area contributed by atoms with E-state index < -0.39 is 0 Å². The molecule has 2 aromatic heterocycles. The van der Waals surface area contributed by atoms with Gasteiger partial charge in [-0.1, -0.05) is 42.5 Å². The summed E-state index contributed by atoms with van der Waals surface area (Å²) in [4.78, 5) is 27.6. The van der Waals surface area contributed by atoms with Crippen molar-refractivity contribution in [1.29, 1.82) is 0 Å². The summed E-state index contributed by atoms with van der Waals surface area (Å²) in [5.74, 6) is 0.381. The summed E-state index contributed by atoms with van der Waals surface area (Å²) in [5.41, 5.74) is 4.24. The zero-order chi connectivity index (χ0) is 24.8. The van der Waals surface area contributed by atoms with E-state index in [1.807, 2.05) is 48.0 Å². The van der Waals surface area contributed by atoms with E-state index in [0.717, 1.165) is 35.7 Å². The van der Waals surface area contributed by atoms with Gasteiger partial charge in [0.25, 0.3) is 11.5 Å². The number of aryl methyl sites for hydroxylation is 2. The van der Waals surface area contributed by atoms with E-state index in [0.29, 0.717) is 22.3 Å². The number of amides is 1. The molecule has 1 atom stereocenters. The summed E-state index contributed by atoms with van der Waals surface area (Å²) in [7, 11) is 3.44. The Hall–Kier alpha value is -4.39. The molecule has 5 aromatic rings. The molecule has 2 heterocycles. The van der Waals surface area contributed by atoms with Gasteiger partial charge >= 0.3 is 0 Å². The van der Waals surface area contributed by atoms with E-state index in [1.165, 1.54) is 10.2 Å². The molecule has 0 unspecified atom stereocenters. The lowest BCUT2D eigenvalue weighted by molar-refractivity contribution is 0.0928. The van der Waals surface area contributed by atoms with Crippen molar-refractivity contribution < 1.29 is 9.53 Å². The Kier molecular flexibility index (Phi) is 5.33. The molecule has 1 N–H and O–H groups in total. The molecule has 0 radical (unpaired) electrons.